The van der Waals surface area contributed by atoms with Crippen LogP contribution in [-0.2, 0) is 0 Å². The second-order valence-corrected chi connectivity index (χ2v) is 8.07. The van der Waals surface area contributed by atoms with Crippen molar-refractivity contribution in [2.24, 2.45) is 10.2 Å². The minimum atomic E-state index is 0.0240. The first-order valence-corrected chi connectivity index (χ1v) is 11.0. The van der Waals surface area contributed by atoms with Crippen molar-refractivity contribution in [1.82, 2.24) is 4.57 Å². The molecule has 4 rings (SSSR count). The predicted molar refractivity (Wildman–Crippen MR) is 130 cm³/mol. The van der Waals surface area contributed by atoms with E-state index in [0.717, 1.165) is 5.56 Å². The fourth-order valence-electron chi connectivity index (χ4n) is 3.30. The number of hydrogen-bond acceptors (Lipinski definition) is 7. The summed E-state index contributed by atoms with van der Waals surface area (Å²) in [4.78, 5) is 0.544. The van der Waals surface area contributed by atoms with Crippen molar-refractivity contribution in [3.63, 3.8) is 0 Å². The molecule has 0 atom stereocenters. The summed E-state index contributed by atoms with van der Waals surface area (Å²) in [5.41, 5.74) is 3.81. The minimum Gasteiger partial charge on any atom is -0.508 e. The number of aryl methyl sites for hydroxylation is 1. The smallest absolute Gasteiger partial charge is 0.215 e. The van der Waals surface area contributed by atoms with E-state index < -0.39 is 0 Å². The molecule has 0 amide bonds. The standard InChI is InChI=1S/C25H23N3O4S/c1-16-4-6-17(7-5-16)14-26-27-25-28(21-13-19(31-2)9-11-24(21)32-3)22(15-33-25)20-12-18(29)8-10-23(20)30/h4-15,29-30H,1-3H3/b26-14+,27-25-. The van der Waals surface area contributed by atoms with E-state index in [9.17, 15) is 10.2 Å². The van der Waals surface area contributed by atoms with Gasteiger partial charge in [-0.15, -0.1) is 16.4 Å². The third-order valence-electron chi connectivity index (χ3n) is 5.02. The first-order chi connectivity index (χ1) is 16.0. The Balaban J connectivity index is 1.93. The SMILES string of the molecule is COc1ccc(OC)c(-n2c(-c3cc(O)ccc3O)cs/c2=N\N=C\c2ccc(C)cc2)c1. The van der Waals surface area contributed by atoms with Crippen LogP contribution in [0.5, 0.6) is 23.0 Å². The zero-order chi connectivity index (χ0) is 23.4. The molecule has 168 valence electrons. The molecule has 0 spiro atoms. The molecule has 0 bridgehead atoms. The molecule has 1 heterocycles. The molecule has 0 saturated heterocycles. The van der Waals surface area contributed by atoms with Crippen LogP contribution >= 0.6 is 11.3 Å². The number of hydrogen-bond donors (Lipinski definition) is 2. The van der Waals surface area contributed by atoms with E-state index in [4.69, 9.17) is 9.47 Å². The molecule has 0 fully saturated rings. The van der Waals surface area contributed by atoms with Crippen molar-refractivity contribution < 1.29 is 19.7 Å². The molecule has 33 heavy (non-hydrogen) atoms. The van der Waals surface area contributed by atoms with Gasteiger partial charge in [0.25, 0.3) is 0 Å². The van der Waals surface area contributed by atoms with Crippen LogP contribution in [-0.4, -0.2) is 35.2 Å². The van der Waals surface area contributed by atoms with Gasteiger partial charge in [-0.2, -0.15) is 5.10 Å². The largest absolute Gasteiger partial charge is 0.508 e. The monoisotopic (exact) mass is 461 g/mol. The van der Waals surface area contributed by atoms with E-state index in [-0.39, 0.29) is 11.5 Å². The molecule has 0 unspecified atom stereocenters. The lowest BCUT2D eigenvalue weighted by Crippen LogP contribution is -2.15. The van der Waals surface area contributed by atoms with Crippen molar-refractivity contribution in [3.05, 3.63) is 82.0 Å². The quantitative estimate of drug-likeness (QED) is 0.243. The van der Waals surface area contributed by atoms with E-state index in [2.05, 4.69) is 10.2 Å². The Morgan fingerprint density at radius 1 is 0.939 bits per heavy atom. The predicted octanol–water partition coefficient (Wildman–Crippen LogP) is 4.88. The average Bonchev–Trinajstić information content (AvgIpc) is 3.24. The summed E-state index contributed by atoms with van der Waals surface area (Å²) in [6, 6.07) is 17.7. The van der Waals surface area contributed by atoms with Crippen LogP contribution in [0.3, 0.4) is 0 Å². The minimum absolute atomic E-state index is 0.0240. The summed E-state index contributed by atoms with van der Waals surface area (Å²) in [5, 5.41) is 31.1. The topological polar surface area (TPSA) is 88.6 Å². The van der Waals surface area contributed by atoms with Gasteiger partial charge in [0.15, 0.2) is 0 Å². The molecule has 0 radical (unpaired) electrons. The number of rotatable bonds is 6. The van der Waals surface area contributed by atoms with E-state index in [0.29, 0.717) is 33.2 Å². The zero-order valence-corrected chi connectivity index (χ0v) is 19.2. The number of phenols is 2. The normalized spacial score (nSPS) is 11.8. The number of benzene rings is 3. The highest BCUT2D eigenvalue weighted by atomic mass is 32.1. The van der Waals surface area contributed by atoms with Gasteiger partial charge in [0.05, 0.1) is 31.8 Å². The molecule has 2 N–H and O–H groups in total. The van der Waals surface area contributed by atoms with Gasteiger partial charge in [-0.1, -0.05) is 29.8 Å². The Hall–Kier alpha value is -4.04. The van der Waals surface area contributed by atoms with Crippen molar-refractivity contribution in [3.8, 4) is 39.9 Å². The molecular formula is C25H23N3O4S. The number of thiazole rings is 1. The molecule has 0 aliphatic rings. The van der Waals surface area contributed by atoms with Crippen LogP contribution < -0.4 is 14.3 Å². The maximum absolute atomic E-state index is 10.5. The molecule has 8 heteroatoms. The van der Waals surface area contributed by atoms with E-state index in [1.54, 1.807) is 32.6 Å². The molecule has 0 saturated carbocycles. The Morgan fingerprint density at radius 2 is 1.73 bits per heavy atom. The van der Waals surface area contributed by atoms with Crippen molar-refractivity contribution in [1.29, 1.82) is 0 Å². The molecule has 1 aromatic heterocycles. The number of methoxy groups -OCH3 is 2. The maximum atomic E-state index is 10.5. The first-order valence-electron chi connectivity index (χ1n) is 10.1. The Morgan fingerprint density at radius 3 is 2.45 bits per heavy atom. The number of aromatic hydroxyl groups is 2. The fourth-order valence-corrected chi connectivity index (χ4v) is 4.15. The van der Waals surface area contributed by atoms with Crippen molar-refractivity contribution >= 4 is 17.6 Å². The van der Waals surface area contributed by atoms with Crippen molar-refractivity contribution in [2.45, 2.75) is 6.92 Å². The average molecular weight is 462 g/mol. The lowest BCUT2D eigenvalue weighted by atomic mass is 10.1. The number of phenolic OH excluding ortho intramolecular Hbond substituents is 2. The third kappa shape index (κ3) is 4.75. The van der Waals surface area contributed by atoms with Gasteiger partial charge in [-0.25, -0.2) is 0 Å². The summed E-state index contributed by atoms with van der Waals surface area (Å²) in [6.45, 7) is 2.03. The second-order valence-electron chi connectivity index (χ2n) is 7.23. The molecule has 0 aliphatic carbocycles. The summed E-state index contributed by atoms with van der Waals surface area (Å²) in [7, 11) is 3.17. The third-order valence-corrected chi connectivity index (χ3v) is 5.83. The lowest BCUT2D eigenvalue weighted by Gasteiger charge is -2.15. The fraction of sp³-hybridized carbons (Fsp3) is 0.120. The summed E-state index contributed by atoms with van der Waals surface area (Å²) in [6.07, 6.45) is 1.68. The van der Waals surface area contributed by atoms with Gasteiger partial charge in [0.1, 0.15) is 23.0 Å². The molecule has 4 aromatic rings. The Kier molecular flexibility index (Phi) is 6.46. The van der Waals surface area contributed by atoms with E-state index in [1.807, 2.05) is 47.2 Å². The highest BCUT2D eigenvalue weighted by molar-refractivity contribution is 7.07. The summed E-state index contributed by atoms with van der Waals surface area (Å²) < 4.78 is 12.8. The Bertz CT molecular complexity index is 1370. The molecule has 3 aromatic carbocycles. The number of ether oxygens (including phenoxy) is 2. The summed E-state index contributed by atoms with van der Waals surface area (Å²) in [5.74, 6) is 1.27. The van der Waals surface area contributed by atoms with Crippen LogP contribution in [0.1, 0.15) is 11.1 Å². The van der Waals surface area contributed by atoms with Crippen LogP contribution in [0, 0.1) is 6.92 Å². The van der Waals surface area contributed by atoms with Crippen LogP contribution in [0.25, 0.3) is 16.9 Å². The van der Waals surface area contributed by atoms with E-state index >= 15 is 0 Å². The van der Waals surface area contributed by atoms with Gasteiger partial charge >= 0.3 is 0 Å². The summed E-state index contributed by atoms with van der Waals surface area (Å²) >= 11 is 1.34. The maximum Gasteiger partial charge on any atom is 0.215 e. The van der Waals surface area contributed by atoms with Gasteiger partial charge in [-0.3, -0.25) is 4.57 Å². The number of aromatic nitrogens is 1. The van der Waals surface area contributed by atoms with Gasteiger partial charge in [0.2, 0.25) is 4.80 Å². The van der Waals surface area contributed by atoms with E-state index in [1.165, 1.54) is 35.1 Å². The number of nitrogens with zero attached hydrogens (tertiary/aromatic N) is 3. The zero-order valence-electron chi connectivity index (χ0n) is 18.4. The van der Waals surface area contributed by atoms with Crippen LogP contribution in [0.2, 0.25) is 0 Å². The highest BCUT2D eigenvalue weighted by Crippen LogP contribution is 2.36. The molecular weight excluding hydrogens is 438 g/mol. The van der Waals surface area contributed by atoms with Crippen molar-refractivity contribution in [2.75, 3.05) is 14.2 Å². The van der Waals surface area contributed by atoms with Crippen LogP contribution in [0.15, 0.2) is 76.2 Å². The Labute approximate surface area is 195 Å². The highest BCUT2D eigenvalue weighted by Gasteiger charge is 2.18. The van der Waals surface area contributed by atoms with Gasteiger partial charge in [-0.05, 0) is 42.8 Å². The van der Waals surface area contributed by atoms with Gasteiger partial charge in [0, 0.05) is 17.0 Å². The van der Waals surface area contributed by atoms with Crippen LogP contribution in [0.4, 0.5) is 0 Å². The van der Waals surface area contributed by atoms with Gasteiger partial charge < -0.3 is 19.7 Å². The molecule has 7 nitrogen and oxygen atoms in total. The molecule has 0 aliphatic heterocycles. The first kappa shape index (κ1) is 22.2. The lowest BCUT2D eigenvalue weighted by molar-refractivity contribution is 0.401. The second kappa shape index (κ2) is 9.62.